The molecule has 0 aromatic heterocycles. The predicted octanol–water partition coefficient (Wildman–Crippen LogP) is 3.10. The maximum absolute atomic E-state index is 12.4. The minimum absolute atomic E-state index is 0.0804. The summed E-state index contributed by atoms with van der Waals surface area (Å²) in [7, 11) is 0. The van der Waals surface area contributed by atoms with Crippen LogP contribution in [0.4, 0.5) is 0 Å². The van der Waals surface area contributed by atoms with E-state index in [9.17, 15) is 4.79 Å². The third-order valence-electron chi connectivity index (χ3n) is 3.23. The van der Waals surface area contributed by atoms with Crippen LogP contribution >= 0.6 is 50.1 Å². The Bertz CT molecular complexity index is 464. The van der Waals surface area contributed by atoms with Crippen LogP contribution in [0.1, 0.15) is 10.4 Å². The van der Waals surface area contributed by atoms with Gasteiger partial charge in [-0.05, 0) is 40.8 Å². The molecule has 19 heavy (non-hydrogen) atoms. The van der Waals surface area contributed by atoms with Gasteiger partial charge >= 0.3 is 0 Å². The van der Waals surface area contributed by atoms with Crippen molar-refractivity contribution in [2.45, 2.75) is 0 Å². The van der Waals surface area contributed by atoms with Gasteiger partial charge in [0.2, 0.25) is 0 Å². The van der Waals surface area contributed by atoms with Crippen LogP contribution < -0.4 is 0 Å². The summed E-state index contributed by atoms with van der Waals surface area (Å²) in [5.41, 5.74) is 0.680. The number of rotatable bonds is 3. The van der Waals surface area contributed by atoms with Crippen LogP contribution in [0.5, 0.6) is 0 Å². The highest BCUT2D eigenvalue weighted by atomic mass is 127. The van der Waals surface area contributed by atoms with E-state index in [0.717, 1.165) is 41.6 Å². The monoisotopic (exact) mass is 456 g/mol. The van der Waals surface area contributed by atoms with E-state index in [0.29, 0.717) is 10.6 Å². The van der Waals surface area contributed by atoms with Gasteiger partial charge in [-0.1, -0.05) is 27.5 Å². The zero-order chi connectivity index (χ0) is 13.8. The van der Waals surface area contributed by atoms with Crippen LogP contribution in [0.3, 0.4) is 0 Å². The molecule has 0 spiro atoms. The summed E-state index contributed by atoms with van der Waals surface area (Å²) in [6, 6.07) is 5.49. The second-order valence-corrected chi connectivity index (χ2v) is 6.81. The van der Waals surface area contributed by atoms with E-state index in [1.165, 1.54) is 0 Å². The van der Waals surface area contributed by atoms with E-state index in [-0.39, 0.29) is 5.91 Å². The molecule has 1 fully saturated rings. The first-order chi connectivity index (χ1) is 9.11. The Hall–Kier alpha value is 0.150. The molecule has 0 saturated carbocycles. The Kier molecular flexibility index (Phi) is 5.92. The number of benzene rings is 1. The normalized spacial score (nSPS) is 16.7. The fourth-order valence-electron chi connectivity index (χ4n) is 2.11. The van der Waals surface area contributed by atoms with Gasteiger partial charge in [-0.3, -0.25) is 9.69 Å². The maximum Gasteiger partial charge on any atom is 0.253 e. The quantitative estimate of drug-likeness (QED) is 0.515. The number of amides is 1. The first-order valence-electron chi connectivity index (χ1n) is 6.14. The molecule has 0 aliphatic carbocycles. The largest absolute Gasteiger partial charge is 0.336 e. The molecule has 1 aromatic rings. The molecule has 0 N–H and O–H groups in total. The molecule has 1 amide bonds. The smallest absolute Gasteiger partial charge is 0.253 e. The van der Waals surface area contributed by atoms with Crippen LogP contribution in [0.25, 0.3) is 0 Å². The van der Waals surface area contributed by atoms with Crippen LogP contribution in [0, 0.1) is 3.57 Å². The Labute approximate surface area is 140 Å². The number of carbonyl (C=O) groups excluding carboxylic acids is 1. The van der Waals surface area contributed by atoms with E-state index >= 15 is 0 Å². The molecule has 0 bridgehead atoms. The van der Waals surface area contributed by atoms with Gasteiger partial charge in [0.05, 0.1) is 5.02 Å². The van der Waals surface area contributed by atoms with Gasteiger partial charge in [0.15, 0.2) is 0 Å². The van der Waals surface area contributed by atoms with E-state index in [2.05, 4.69) is 43.4 Å². The molecule has 1 aromatic carbocycles. The molecule has 0 atom stereocenters. The third kappa shape index (κ3) is 4.06. The Morgan fingerprint density at radius 2 is 2.00 bits per heavy atom. The molecule has 3 nitrogen and oxygen atoms in total. The molecule has 1 saturated heterocycles. The Morgan fingerprint density at radius 3 is 2.58 bits per heavy atom. The lowest BCUT2D eigenvalue weighted by molar-refractivity contribution is 0.0645. The van der Waals surface area contributed by atoms with Crippen molar-refractivity contribution in [3.8, 4) is 0 Å². The second kappa shape index (κ2) is 7.24. The van der Waals surface area contributed by atoms with Crippen molar-refractivity contribution >= 4 is 56.0 Å². The zero-order valence-electron chi connectivity index (χ0n) is 10.4. The average Bonchev–Trinajstić information content (AvgIpc) is 2.42. The average molecular weight is 458 g/mol. The van der Waals surface area contributed by atoms with Crippen molar-refractivity contribution in [2.75, 3.05) is 38.1 Å². The molecule has 1 aliphatic heterocycles. The van der Waals surface area contributed by atoms with Crippen molar-refractivity contribution in [3.63, 3.8) is 0 Å². The molecule has 2 rings (SSSR count). The summed E-state index contributed by atoms with van der Waals surface area (Å²) >= 11 is 11.7. The van der Waals surface area contributed by atoms with Crippen molar-refractivity contribution < 1.29 is 4.79 Å². The predicted molar refractivity (Wildman–Crippen MR) is 90.3 cm³/mol. The number of piperazine rings is 1. The number of hydrogen-bond donors (Lipinski definition) is 0. The van der Waals surface area contributed by atoms with E-state index in [4.69, 9.17) is 11.6 Å². The lowest BCUT2D eigenvalue weighted by Gasteiger charge is -2.34. The summed E-state index contributed by atoms with van der Waals surface area (Å²) in [5, 5.41) is 1.62. The van der Waals surface area contributed by atoms with Gasteiger partial charge in [-0.2, -0.15) is 0 Å². The van der Waals surface area contributed by atoms with Gasteiger partial charge in [-0.25, -0.2) is 0 Å². The summed E-state index contributed by atoms with van der Waals surface area (Å²) in [6.07, 6.45) is 0. The standard InChI is InChI=1S/C13H15BrClIN2O/c14-3-4-17-5-7-18(8-6-17)13(19)10-1-2-12(16)11(15)9-10/h1-2,9H,3-8H2. The fourth-order valence-corrected chi connectivity index (χ4v) is 3.12. The van der Waals surface area contributed by atoms with Gasteiger partial charge in [0.25, 0.3) is 5.91 Å². The molecule has 6 heteroatoms. The number of nitrogens with zero attached hydrogens (tertiary/aromatic N) is 2. The first-order valence-corrected chi connectivity index (χ1v) is 8.72. The molecule has 0 unspecified atom stereocenters. The lowest BCUT2D eigenvalue weighted by Crippen LogP contribution is -2.49. The minimum atomic E-state index is 0.0804. The fraction of sp³-hybridized carbons (Fsp3) is 0.462. The summed E-state index contributed by atoms with van der Waals surface area (Å²) in [6.45, 7) is 4.49. The highest BCUT2D eigenvalue weighted by Gasteiger charge is 2.22. The molecule has 1 heterocycles. The van der Waals surface area contributed by atoms with Crippen molar-refractivity contribution in [1.29, 1.82) is 0 Å². The number of alkyl halides is 1. The summed E-state index contributed by atoms with van der Waals surface area (Å²) in [4.78, 5) is 16.6. The van der Waals surface area contributed by atoms with E-state index < -0.39 is 0 Å². The first kappa shape index (κ1) is 15.5. The van der Waals surface area contributed by atoms with Gasteiger partial charge in [0.1, 0.15) is 0 Å². The van der Waals surface area contributed by atoms with Crippen LogP contribution in [0.15, 0.2) is 18.2 Å². The molecule has 0 radical (unpaired) electrons. The SMILES string of the molecule is O=C(c1ccc(I)c(Cl)c1)N1CCN(CCBr)CC1. The van der Waals surface area contributed by atoms with Gasteiger partial charge in [0, 0.05) is 47.2 Å². The maximum atomic E-state index is 12.4. The zero-order valence-corrected chi connectivity index (χ0v) is 14.9. The molecule has 104 valence electrons. The Morgan fingerprint density at radius 1 is 1.32 bits per heavy atom. The Balaban J connectivity index is 1.99. The molecular formula is C13H15BrClIN2O. The van der Waals surface area contributed by atoms with Crippen LogP contribution in [0.2, 0.25) is 5.02 Å². The topological polar surface area (TPSA) is 23.6 Å². The number of hydrogen-bond acceptors (Lipinski definition) is 2. The highest BCUT2D eigenvalue weighted by molar-refractivity contribution is 14.1. The van der Waals surface area contributed by atoms with E-state index in [1.807, 2.05) is 17.0 Å². The number of carbonyl (C=O) groups is 1. The van der Waals surface area contributed by atoms with Crippen molar-refractivity contribution in [1.82, 2.24) is 9.80 Å². The summed E-state index contributed by atoms with van der Waals surface area (Å²) in [5.74, 6) is 0.0804. The van der Waals surface area contributed by atoms with Crippen LogP contribution in [-0.4, -0.2) is 53.8 Å². The van der Waals surface area contributed by atoms with Crippen LogP contribution in [-0.2, 0) is 0 Å². The second-order valence-electron chi connectivity index (χ2n) is 4.45. The molecular weight excluding hydrogens is 442 g/mol. The van der Waals surface area contributed by atoms with Gasteiger partial charge < -0.3 is 4.90 Å². The van der Waals surface area contributed by atoms with E-state index in [1.54, 1.807) is 6.07 Å². The summed E-state index contributed by atoms with van der Waals surface area (Å²) < 4.78 is 0.970. The van der Waals surface area contributed by atoms with Gasteiger partial charge in [-0.15, -0.1) is 0 Å². The molecule has 1 aliphatic rings. The van der Waals surface area contributed by atoms with Crippen molar-refractivity contribution in [3.05, 3.63) is 32.4 Å². The highest BCUT2D eigenvalue weighted by Crippen LogP contribution is 2.20. The number of halogens is 3. The van der Waals surface area contributed by atoms with Crippen molar-refractivity contribution in [2.24, 2.45) is 0 Å². The third-order valence-corrected chi connectivity index (χ3v) is 5.15. The lowest BCUT2D eigenvalue weighted by atomic mass is 10.2. The minimum Gasteiger partial charge on any atom is -0.336 e.